The summed E-state index contributed by atoms with van der Waals surface area (Å²) in [5, 5.41) is 4.68. The fourth-order valence-electron chi connectivity index (χ4n) is 2.81. The Balaban J connectivity index is 1.71. The lowest BCUT2D eigenvalue weighted by Crippen LogP contribution is -2.36. The molecule has 0 spiro atoms. The van der Waals surface area contributed by atoms with Gasteiger partial charge in [-0.2, -0.15) is 11.8 Å². The van der Waals surface area contributed by atoms with Crippen molar-refractivity contribution in [2.75, 3.05) is 6.26 Å². The lowest BCUT2D eigenvalue weighted by molar-refractivity contribution is 0.432. The molecule has 4 atom stereocenters. The van der Waals surface area contributed by atoms with E-state index in [9.17, 15) is 0 Å². The highest BCUT2D eigenvalue weighted by molar-refractivity contribution is 7.99. The second-order valence-electron chi connectivity index (χ2n) is 4.80. The quantitative estimate of drug-likeness (QED) is 0.751. The summed E-state index contributed by atoms with van der Waals surface area (Å²) in [5.74, 6) is 0. The molecule has 3 heteroatoms. The Kier molecular flexibility index (Phi) is 3.74. The average molecular weight is 214 g/mol. The molecule has 0 saturated heterocycles. The first-order chi connectivity index (χ1) is 6.78. The van der Waals surface area contributed by atoms with E-state index in [1.165, 1.54) is 38.5 Å². The lowest BCUT2D eigenvalue weighted by atomic mass is 10.2. The van der Waals surface area contributed by atoms with Gasteiger partial charge >= 0.3 is 0 Å². The Bertz CT molecular complexity index is 186. The van der Waals surface area contributed by atoms with Crippen LogP contribution >= 0.6 is 11.8 Å². The standard InChI is InChI=1S/C11H22N2S/c1-14-11-5-4-10(7-11)13-9-3-2-8(12)6-9/h8-11,13H,2-7,12H2,1H3. The lowest BCUT2D eigenvalue weighted by Gasteiger charge is -2.18. The molecule has 0 aromatic rings. The minimum Gasteiger partial charge on any atom is -0.328 e. The van der Waals surface area contributed by atoms with Gasteiger partial charge in [-0.25, -0.2) is 0 Å². The van der Waals surface area contributed by atoms with E-state index in [4.69, 9.17) is 5.73 Å². The zero-order chi connectivity index (χ0) is 9.97. The fraction of sp³-hybridized carbons (Fsp3) is 1.00. The summed E-state index contributed by atoms with van der Waals surface area (Å²) in [4.78, 5) is 0. The molecule has 0 radical (unpaired) electrons. The summed E-state index contributed by atoms with van der Waals surface area (Å²) >= 11 is 2.03. The van der Waals surface area contributed by atoms with Crippen LogP contribution in [-0.2, 0) is 0 Å². The van der Waals surface area contributed by atoms with Crippen molar-refractivity contribution in [2.45, 2.75) is 61.9 Å². The van der Waals surface area contributed by atoms with Crippen molar-refractivity contribution >= 4 is 11.8 Å². The largest absolute Gasteiger partial charge is 0.328 e. The van der Waals surface area contributed by atoms with Crippen molar-refractivity contribution in [1.29, 1.82) is 0 Å². The van der Waals surface area contributed by atoms with Gasteiger partial charge in [-0.1, -0.05) is 0 Å². The van der Waals surface area contributed by atoms with Gasteiger partial charge in [0, 0.05) is 23.4 Å². The summed E-state index contributed by atoms with van der Waals surface area (Å²) in [6.07, 6.45) is 10.1. The topological polar surface area (TPSA) is 38.0 Å². The minimum atomic E-state index is 0.463. The second kappa shape index (κ2) is 4.86. The Morgan fingerprint density at radius 3 is 2.36 bits per heavy atom. The van der Waals surface area contributed by atoms with Gasteiger partial charge in [0.2, 0.25) is 0 Å². The summed E-state index contributed by atoms with van der Waals surface area (Å²) in [6, 6.07) is 1.96. The van der Waals surface area contributed by atoms with E-state index in [2.05, 4.69) is 11.6 Å². The van der Waals surface area contributed by atoms with Gasteiger partial charge in [0.05, 0.1) is 0 Å². The summed E-state index contributed by atoms with van der Waals surface area (Å²) in [6.45, 7) is 0. The molecule has 82 valence electrons. The minimum absolute atomic E-state index is 0.463. The van der Waals surface area contributed by atoms with Crippen LogP contribution in [-0.4, -0.2) is 29.6 Å². The molecule has 0 heterocycles. The van der Waals surface area contributed by atoms with E-state index in [1.54, 1.807) is 0 Å². The van der Waals surface area contributed by atoms with Gasteiger partial charge in [-0.15, -0.1) is 0 Å². The Morgan fingerprint density at radius 2 is 1.79 bits per heavy atom. The van der Waals surface area contributed by atoms with Crippen LogP contribution < -0.4 is 11.1 Å². The third-order valence-electron chi connectivity index (χ3n) is 3.66. The monoisotopic (exact) mass is 214 g/mol. The molecule has 2 fully saturated rings. The van der Waals surface area contributed by atoms with Gasteiger partial charge in [0.1, 0.15) is 0 Å². The van der Waals surface area contributed by atoms with Crippen LogP contribution in [0.4, 0.5) is 0 Å². The molecule has 3 N–H and O–H groups in total. The van der Waals surface area contributed by atoms with E-state index in [0.29, 0.717) is 6.04 Å². The fourth-order valence-corrected chi connectivity index (χ4v) is 3.60. The summed E-state index contributed by atoms with van der Waals surface area (Å²) < 4.78 is 0. The van der Waals surface area contributed by atoms with Crippen LogP contribution in [0.5, 0.6) is 0 Å². The zero-order valence-electron chi connectivity index (χ0n) is 9.04. The molecular formula is C11H22N2S. The van der Waals surface area contributed by atoms with Crippen molar-refractivity contribution < 1.29 is 0 Å². The van der Waals surface area contributed by atoms with Crippen molar-refractivity contribution in [3.8, 4) is 0 Å². The van der Waals surface area contributed by atoms with Crippen molar-refractivity contribution in [3.05, 3.63) is 0 Å². The van der Waals surface area contributed by atoms with Crippen molar-refractivity contribution in [1.82, 2.24) is 5.32 Å². The Labute approximate surface area is 91.4 Å². The predicted octanol–water partition coefficient (Wildman–Crippen LogP) is 1.74. The van der Waals surface area contributed by atoms with E-state index in [1.807, 2.05) is 11.8 Å². The maximum atomic E-state index is 5.91. The molecule has 0 aliphatic heterocycles. The molecule has 4 unspecified atom stereocenters. The highest BCUT2D eigenvalue weighted by Crippen LogP contribution is 2.29. The molecule has 0 amide bonds. The summed E-state index contributed by atoms with van der Waals surface area (Å²) in [7, 11) is 0. The number of thioether (sulfide) groups is 1. The second-order valence-corrected chi connectivity index (χ2v) is 5.94. The van der Waals surface area contributed by atoms with Crippen LogP contribution in [0.1, 0.15) is 38.5 Å². The van der Waals surface area contributed by atoms with Crippen molar-refractivity contribution in [2.24, 2.45) is 5.73 Å². The van der Waals surface area contributed by atoms with E-state index in [-0.39, 0.29) is 0 Å². The molecule has 14 heavy (non-hydrogen) atoms. The van der Waals surface area contributed by atoms with Gasteiger partial charge in [0.15, 0.2) is 0 Å². The maximum absolute atomic E-state index is 5.91. The normalized spacial score (nSPS) is 43.3. The number of hydrogen-bond donors (Lipinski definition) is 2. The molecule has 2 aliphatic rings. The molecule has 2 saturated carbocycles. The van der Waals surface area contributed by atoms with E-state index >= 15 is 0 Å². The zero-order valence-corrected chi connectivity index (χ0v) is 9.85. The highest BCUT2D eigenvalue weighted by Gasteiger charge is 2.28. The number of nitrogens with two attached hydrogens (primary N) is 1. The van der Waals surface area contributed by atoms with E-state index < -0.39 is 0 Å². The average Bonchev–Trinajstić information content (AvgIpc) is 2.76. The van der Waals surface area contributed by atoms with Gasteiger partial charge in [0.25, 0.3) is 0 Å². The van der Waals surface area contributed by atoms with Crippen LogP contribution in [0.3, 0.4) is 0 Å². The third kappa shape index (κ3) is 2.65. The number of rotatable bonds is 3. The predicted molar refractivity (Wildman–Crippen MR) is 63.7 cm³/mol. The van der Waals surface area contributed by atoms with E-state index in [0.717, 1.165) is 17.3 Å². The molecule has 0 aromatic carbocycles. The number of hydrogen-bond acceptors (Lipinski definition) is 3. The van der Waals surface area contributed by atoms with Crippen LogP contribution in [0.2, 0.25) is 0 Å². The molecule has 0 bridgehead atoms. The van der Waals surface area contributed by atoms with Crippen LogP contribution in [0.25, 0.3) is 0 Å². The molecule has 0 aromatic heterocycles. The molecule has 2 rings (SSSR count). The number of nitrogens with one attached hydrogen (secondary N) is 1. The molecular weight excluding hydrogens is 192 g/mol. The maximum Gasteiger partial charge on any atom is 0.00849 e. The Hall–Kier alpha value is 0.270. The van der Waals surface area contributed by atoms with Crippen LogP contribution in [0, 0.1) is 0 Å². The van der Waals surface area contributed by atoms with Crippen LogP contribution in [0.15, 0.2) is 0 Å². The molecule has 2 nitrogen and oxygen atoms in total. The smallest absolute Gasteiger partial charge is 0.00849 e. The van der Waals surface area contributed by atoms with Gasteiger partial charge in [-0.3, -0.25) is 0 Å². The summed E-state index contributed by atoms with van der Waals surface area (Å²) in [5.41, 5.74) is 5.91. The Morgan fingerprint density at radius 1 is 1.07 bits per heavy atom. The van der Waals surface area contributed by atoms with Gasteiger partial charge < -0.3 is 11.1 Å². The van der Waals surface area contributed by atoms with Crippen molar-refractivity contribution in [3.63, 3.8) is 0 Å². The first-order valence-corrected chi connectivity index (χ1v) is 7.11. The molecule has 2 aliphatic carbocycles. The third-order valence-corrected chi connectivity index (χ3v) is 4.76. The highest BCUT2D eigenvalue weighted by atomic mass is 32.2. The first kappa shape index (κ1) is 10.8. The van der Waals surface area contributed by atoms with Gasteiger partial charge in [-0.05, 0) is 44.8 Å². The SMILES string of the molecule is CSC1CCC(NC2CCC(N)C2)C1. The first-order valence-electron chi connectivity index (χ1n) is 5.82.